The molecule has 2 unspecified atom stereocenters. The summed E-state index contributed by atoms with van der Waals surface area (Å²) in [5.74, 6) is 0.359. The van der Waals surface area contributed by atoms with Crippen LogP contribution >= 0.6 is 0 Å². The molecule has 0 amide bonds. The lowest BCUT2D eigenvalue weighted by molar-refractivity contribution is 0.265. The minimum atomic E-state index is -3.47. The van der Waals surface area contributed by atoms with Crippen molar-refractivity contribution in [2.45, 2.75) is 38.5 Å². The molecule has 1 saturated heterocycles. The van der Waals surface area contributed by atoms with E-state index in [0.29, 0.717) is 18.5 Å². The minimum Gasteiger partial charge on any atom is -0.301 e. The average molecular weight is 259 g/mol. The zero-order valence-electron chi connectivity index (χ0n) is 10.7. The number of likely N-dealkylation sites (tertiary alicyclic amines) is 1. The lowest BCUT2D eigenvalue weighted by Crippen LogP contribution is -2.36. The maximum Gasteiger partial charge on any atom is 0.227 e. The van der Waals surface area contributed by atoms with Gasteiger partial charge in [-0.05, 0) is 39.7 Å². The molecule has 0 aliphatic carbocycles. The van der Waals surface area contributed by atoms with Gasteiger partial charge < -0.3 is 4.90 Å². The van der Waals surface area contributed by atoms with Crippen molar-refractivity contribution in [3.05, 3.63) is 0 Å². The van der Waals surface area contributed by atoms with Crippen LogP contribution in [0.25, 0.3) is 0 Å². The van der Waals surface area contributed by atoms with Crippen LogP contribution in [0.4, 0.5) is 0 Å². The topological polar surface area (TPSA) is 73.2 Å². The third kappa shape index (κ3) is 3.95. The van der Waals surface area contributed by atoms with Crippen molar-refractivity contribution in [1.82, 2.24) is 9.62 Å². The maximum absolute atomic E-state index is 11.6. The molecule has 0 spiro atoms. The maximum atomic E-state index is 11.6. The molecular formula is C11H21N3O2S. The van der Waals surface area contributed by atoms with Gasteiger partial charge in [0, 0.05) is 19.1 Å². The largest absolute Gasteiger partial charge is 0.301 e. The van der Waals surface area contributed by atoms with Crippen LogP contribution in [0.5, 0.6) is 0 Å². The molecular weight excluding hydrogens is 238 g/mol. The lowest BCUT2D eigenvalue weighted by atomic mass is 10.1. The van der Waals surface area contributed by atoms with Gasteiger partial charge in [-0.15, -0.1) is 0 Å². The molecule has 1 aliphatic rings. The average Bonchev–Trinajstić information content (AvgIpc) is 2.74. The Morgan fingerprint density at radius 2 is 2.12 bits per heavy atom. The second kappa shape index (κ2) is 5.80. The second-order valence-electron chi connectivity index (χ2n) is 4.91. The summed E-state index contributed by atoms with van der Waals surface area (Å²) in [5, 5.41) is 7.62. The van der Waals surface area contributed by atoms with Crippen LogP contribution in [0, 0.1) is 17.2 Å². The lowest BCUT2D eigenvalue weighted by Gasteiger charge is -2.20. The SMILES string of the molecule is CC(C)N1CCC(CNS(=O)(=O)C(C)C#N)C1. The first-order valence-electron chi connectivity index (χ1n) is 5.99. The number of nitrogens with one attached hydrogen (secondary N) is 1. The van der Waals surface area contributed by atoms with E-state index in [9.17, 15) is 8.42 Å². The molecule has 0 bridgehead atoms. The molecule has 1 N–H and O–H groups in total. The normalized spacial score (nSPS) is 23.8. The highest BCUT2D eigenvalue weighted by atomic mass is 32.2. The van der Waals surface area contributed by atoms with Gasteiger partial charge in [-0.2, -0.15) is 5.26 Å². The van der Waals surface area contributed by atoms with Crippen molar-refractivity contribution in [2.75, 3.05) is 19.6 Å². The molecule has 2 atom stereocenters. The third-order valence-corrected chi connectivity index (χ3v) is 4.87. The van der Waals surface area contributed by atoms with Gasteiger partial charge in [0.25, 0.3) is 0 Å². The van der Waals surface area contributed by atoms with Crippen LogP contribution in [0.3, 0.4) is 0 Å². The number of sulfonamides is 1. The zero-order valence-corrected chi connectivity index (χ0v) is 11.5. The van der Waals surface area contributed by atoms with Crippen molar-refractivity contribution in [1.29, 1.82) is 5.26 Å². The quantitative estimate of drug-likeness (QED) is 0.782. The molecule has 5 nitrogen and oxygen atoms in total. The predicted molar refractivity (Wildman–Crippen MR) is 66.8 cm³/mol. The van der Waals surface area contributed by atoms with Crippen molar-refractivity contribution in [3.8, 4) is 6.07 Å². The number of nitrogens with zero attached hydrogens (tertiary/aromatic N) is 2. The summed E-state index contributed by atoms with van der Waals surface area (Å²) in [5.41, 5.74) is 0. The minimum absolute atomic E-state index is 0.359. The van der Waals surface area contributed by atoms with E-state index >= 15 is 0 Å². The Balaban J connectivity index is 2.41. The first kappa shape index (κ1) is 14.4. The molecule has 0 radical (unpaired) electrons. The van der Waals surface area contributed by atoms with Gasteiger partial charge in [-0.1, -0.05) is 0 Å². The first-order valence-corrected chi connectivity index (χ1v) is 7.53. The molecule has 0 aromatic carbocycles. The summed E-state index contributed by atoms with van der Waals surface area (Å²) < 4.78 is 25.7. The van der Waals surface area contributed by atoms with Gasteiger partial charge in [-0.3, -0.25) is 0 Å². The van der Waals surface area contributed by atoms with Crippen LogP contribution in [0.1, 0.15) is 27.2 Å². The monoisotopic (exact) mass is 259 g/mol. The van der Waals surface area contributed by atoms with Gasteiger partial charge in [0.15, 0.2) is 5.25 Å². The molecule has 1 rings (SSSR count). The summed E-state index contributed by atoms with van der Waals surface area (Å²) in [7, 11) is -3.47. The Labute approximate surface area is 104 Å². The van der Waals surface area contributed by atoms with E-state index in [2.05, 4.69) is 23.5 Å². The number of nitriles is 1. The highest BCUT2D eigenvalue weighted by molar-refractivity contribution is 7.90. The standard InChI is InChI=1S/C11H21N3O2S/c1-9(2)14-5-4-11(8-14)7-13-17(15,16)10(3)6-12/h9-11,13H,4-5,7-8H2,1-3H3. The molecule has 1 fully saturated rings. The van der Waals surface area contributed by atoms with Gasteiger partial charge in [0.1, 0.15) is 0 Å². The Kier molecular flexibility index (Phi) is 4.92. The van der Waals surface area contributed by atoms with E-state index in [1.165, 1.54) is 6.92 Å². The molecule has 1 aliphatic heterocycles. The molecule has 98 valence electrons. The van der Waals surface area contributed by atoms with E-state index in [0.717, 1.165) is 19.5 Å². The van der Waals surface area contributed by atoms with Gasteiger partial charge >= 0.3 is 0 Å². The zero-order chi connectivity index (χ0) is 13.1. The third-order valence-electron chi connectivity index (χ3n) is 3.27. The molecule has 0 saturated carbocycles. The van der Waals surface area contributed by atoms with Crippen molar-refractivity contribution in [3.63, 3.8) is 0 Å². The Bertz CT molecular complexity index is 386. The summed E-state index contributed by atoms with van der Waals surface area (Å²) in [6.45, 7) is 8.09. The van der Waals surface area contributed by atoms with E-state index < -0.39 is 15.3 Å². The van der Waals surface area contributed by atoms with E-state index in [1.54, 1.807) is 6.07 Å². The van der Waals surface area contributed by atoms with E-state index in [-0.39, 0.29) is 0 Å². The number of hydrogen-bond donors (Lipinski definition) is 1. The number of rotatable bonds is 5. The molecule has 1 heterocycles. The Morgan fingerprint density at radius 3 is 2.59 bits per heavy atom. The van der Waals surface area contributed by atoms with Gasteiger partial charge in [0.2, 0.25) is 10.0 Å². The van der Waals surface area contributed by atoms with Crippen LogP contribution in [-0.2, 0) is 10.0 Å². The highest BCUT2D eigenvalue weighted by Crippen LogP contribution is 2.17. The van der Waals surface area contributed by atoms with Crippen LogP contribution in [-0.4, -0.2) is 44.2 Å². The first-order chi connectivity index (χ1) is 7.86. The van der Waals surface area contributed by atoms with Crippen LogP contribution in [0.15, 0.2) is 0 Å². The van der Waals surface area contributed by atoms with E-state index in [4.69, 9.17) is 5.26 Å². The molecule has 6 heteroatoms. The predicted octanol–water partition coefficient (Wildman–Crippen LogP) is 0.548. The van der Waals surface area contributed by atoms with Crippen molar-refractivity contribution in [2.24, 2.45) is 5.92 Å². The Morgan fingerprint density at radius 1 is 1.47 bits per heavy atom. The fourth-order valence-electron chi connectivity index (χ4n) is 1.93. The van der Waals surface area contributed by atoms with Gasteiger partial charge in [0.05, 0.1) is 6.07 Å². The molecule has 17 heavy (non-hydrogen) atoms. The second-order valence-corrected chi connectivity index (χ2v) is 6.99. The summed E-state index contributed by atoms with van der Waals surface area (Å²) in [6.07, 6.45) is 1.02. The van der Waals surface area contributed by atoms with E-state index in [1.807, 2.05) is 0 Å². The van der Waals surface area contributed by atoms with Crippen LogP contribution in [0.2, 0.25) is 0 Å². The smallest absolute Gasteiger partial charge is 0.227 e. The van der Waals surface area contributed by atoms with Crippen LogP contribution < -0.4 is 4.72 Å². The Hall–Kier alpha value is -0.640. The summed E-state index contributed by atoms with van der Waals surface area (Å²) in [4.78, 5) is 2.34. The fraction of sp³-hybridized carbons (Fsp3) is 0.909. The van der Waals surface area contributed by atoms with Crippen molar-refractivity contribution >= 4 is 10.0 Å². The van der Waals surface area contributed by atoms with Crippen molar-refractivity contribution < 1.29 is 8.42 Å². The fourth-order valence-corrected chi connectivity index (χ4v) is 2.78. The summed E-state index contributed by atoms with van der Waals surface area (Å²) in [6, 6.07) is 2.26. The number of hydrogen-bond acceptors (Lipinski definition) is 4. The summed E-state index contributed by atoms with van der Waals surface area (Å²) >= 11 is 0. The van der Waals surface area contributed by atoms with Gasteiger partial charge in [-0.25, -0.2) is 13.1 Å². The molecule has 0 aromatic rings. The molecule has 0 aromatic heterocycles. The highest BCUT2D eigenvalue weighted by Gasteiger charge is 2.27.